The molecule has 4 nitrogen and oxygen atoms in total. The maximum atomic E-state index is 14.4. The first-order valence-electron chi connectivity index (χ1n) is 10.1. The number of alkyl halides is 5. The van der Waals surface area contributed by atoms with E-state index in [0.717, 1.165) is 12.8 Å². The second-order valence-corrected chi connectivity index (χ2v) is 9.32. The highest BCUT2D eigenvalue weighted by molar-refractivity contribution is 5.74. The monoisotopic (exact) mass is 410 g/mol. The van der Waals surface area contributed by atoms with E-state index in [1.165, 1.54) is 12.8 Å². The summed E-state index contributed by atoms with van der Waals surface area (Å²) < 4.78 is 76.8. The third-order valence-electron chi connectivity index (χ3n) is 8.23. The van der Waals surface area contributed by atoms with Gasteiger partial charge in [-0.15, -0.1) is 0 Å². The lowest BCUT2D eigenvalue weighted by Gasteiger charge is -2.44. The first kappa shape index (κ1) is 19.0. The fourth-order valence-corrected chi connectivity index (χ4v) is 7.28. The summed E-state index contributed by atoms with van der Waals surface area (Å²) in [6, 6.07) is 0. The summed E-state index contributed by atoms with van der Waals surface area (Å²) in [5.41, 5.74) is 0. The van der Waals surface area contributed by atoms with Gasteiger partial charge in [0.05, 0.1) is 12.5 Å². The molecule has 1 saturated heterocycles. The Morgan fingerprint density at radius 3 is 2.36 bits per heavy atom. The molecule has 0 amide bonds. The number of rotatable bonds is 2. The van der Waals surface area contributed by atoms with Crippen molar-refractivity contribution in [3.63, 3.8) is 0 Å². The largest absolute Gasteiger partial charge is 0.455 e. The van der Waals surface area contributed by atoms with Crippen LogP contribution in [0.4, 0.5) is 22.0 Å². The van der Waals surface area contributed by atoms with Crippen molar-refractivity contribution >= 4 is 5.97 Å². The number of carbonyl (C=O) groups excluding carboxylic acids is 1. The van der Waals surface area contributed by atoms with Crippen molar-refractivity contribution in [2.75, 3.05) is 6.61 Å². The van der Waals surface area contributed by atoms with Crippen molar-refractivity contribution < 1.29 is 41.3 Å². The summed E-state index contributed by atoms with van der Waals surface area (Å²) in [7, 11) is 0. The lowest BCUT2D eigenvalue weighted by molar-refractivity contribution is -0.456. The molecular formula is C19H23F5O4. The van der Waals surface area contributed by atoms with Gasteiger partial charge in [-0.25, -0.2) is 0 Å². The van der Waals surface area contributed by atoms with E-state index in [4.69, 9.17) is 4.74 Å². The molecule has 5 rings (SSSR count). The number of fused-ring (bicyclic) bond motifs is 9. The van der Waals surface area contributed by atoms with Crippen molar-refractivity contribution in [2.24, 2.45) is 41.4 Å². The Labute approximate surface area is 158 Å². The van der Waals surface area contributed by atoms with Crippen LogP contribution in [0.2, 0.25) is 0 Å². The maximum absolute atomic E-state index is 14.4. The zero-order chi connectivity index (χ0) is 20.1. The fourth-order valence-electron chi connectivity index (χ4n) is 7.28. The molecule has 0 radical (unpaired) electrons. The summed E-state index contributed by atoms with van der Waals surface area (Å²) in [6.07, 6.45) is -3.62. The van der Waals surface area contributed by atoms with E-state index in [9.17, 15) is 31.9 Å². The molecule has 9 atom stereocenters. The van der Waals surface area contributed by atoms with Crippen LogP contribution in [0.1, 0.15) is 38.5 Å². The minimum absolute atomic E-state index is 0.0905. The van der Waals surface area contributed by atoms with Crippen LogP contribution in [-0.4, -0.2) is 41.7 Å². The molecule has 4 aliphatic carbocycles. The van der Waals surface area contributed by atoms with Crippen LogP contribution in [0.15, 0.2) is 0 Å². The minimum Gasteiger partial charge on any atom is -0.455 e. The molecule has 1 aliphatic heterocycles. The number of ether oxygens (including phenoxy) is 2. The summed E-state index contributed by atoms with van der Waals surface area (Å²) in [5, 5.41) is 9.50. The molecule has 158 valence electrons. The minimum atomic E-state index is -5.70. The Balaban J connectivity index is 1.31. The van der Waals surface area contributed by atoms with Crippen LogP contribution >= 0.6 is 0 Å². The third kappa shape index (κ3) is 2.32. The van der Waals surface area contributed by atoms with Gasteiger partial charge in [-0.3, -0.25) is 4.79 Å². The van der Waals surface area contributed by atoms with Crippen LogP contribution in [-0.2, 0) is 14.3 Å². The Morgan fingerprint density at radius 2 is 1.68 bits per heavy atom. The van der Waals surface area contributed by atoms with Crippen molar-refractivity contribution in [1.29, 1.82) is 0 Å². The van der Waals surface area contributed by atoms with Gasteiger partial charge in [0.2, 0.25) is 0 Å². The summed E-state index contributed by atoms with van der Waals surface area (Å²) in [6.45, 7) is -0.769. The number of hydrogen-bond donors (Lipinski definition) is 1. The van der Waals surface area contributed by atoms with Gasteiger partial charge < -0.3 is 14.6 Å². The lowest BCUT2D eigenvalue weighted by Crippen LogP contribution is -2.68. The van der Waals surface area contributed by atoms with Crippen molar-refractivity contribution in [3.8, 4) is 0 Å². The fraction of sp³-hybridized carbons (Fsp3) is 0.947. The second-order valence-electron chi connectivity index (χ2n) is 9.32. The van der Waals surface area contributed by atoms with Crippen LogP contribution in [0, 0.1) is 41.4 Å². The Kier molecular flexibility index (Phi) is 3.94. The Bertz CT molecular complexity index is 682. The molecule has 1 heterocycles. The van der Waals surface area contributed by atoms with Crippen molar-refractivity contribution in [3.05, 3.63) is 0 Å². The first-order valence-corrected chi connectivity index (χ1v) is 10.1. The van der Waals surface area contributed by atoms with Gasteiger partial charge in [0.25, 0.3) is 0 Å². The Hall–Kier alpha value is -0.960. The van der Waals surface area contributed by atoms with E-state index in [1.54, 1.807) is 0 Å². The molecular weight excluding hydrogens is 387 g/mol. The normalized spacial score (nSPS) is 51.4. The Morgan fingerprint density at radius 1 is 1.00 bits per heavy atom. The van der Waals surface area contributed by atoms with E-state index in [2.05, 4.69) is 4.74 Å². The van der Waals surface area contributed by atoms with Gasteiger partial charge in [-0.05, 0) is 67.6 Å². The smallest absolute Gasteiger partial charge is 0.449 e. The van der Waals surface area contributed by atoms with E-state index in [-0.39, 0.29) is 5.92 Å². The number of halogens is 5. The van der Waals surface area contributed by atoms with Crippen LogP contribution in [0.5, 0.6) is 0 Å². The molecule has 0 aromatic heterocycles. The van der Waals surface area contributed by atoms with Gasteiger partial charge >= 0.3 is 23.9 Å². The predicted molar refractivity (Wildman–Crippen MR) is 83.9 cm³/mol. The molecule has 9 unspecified atom stereocenters. The SMILES string of the molecule is O=C(OC1CCOC(O)(C(F)(F)F)C1(F)F)C1CC2CC1C1C3CCC(C3)C21. The molecule has 0 aromatic carbocycles. The molecule has 0 aromatic rings. The summed E-state index contributed by atoms with van der Waals surface area (Å²) >= 11 is 0. The average Bonchev–Trinajstić information content (AvgIpc) is 3.35. The number of carbonyl (C=O) groups is 1. The van der Waals surface area contributed by atoms with Crippen LogP contribution < -0.4 is 0 Å². The second kappa shape index (κ2) is 5.80. The van der Waals surface area contributed by atoms with Gasteiger partial charge in [-0.2, -0.15) is 22.0 Å². The highest BCUT2D eigenvalue weighted by Gasteiger charge is 2.76. The quantitative estimate of drug-likeness (QED) is 0.430. The molecule has 0 spiro atoms. The van der Waals surface area contributed by atoms with E-state index < -0.39 is 48.9 Å². The third-order valence-corrected chi connectivity index (χ3v) is 8.23. The van der Waals surface area contributed by atoms with Crippen LogP contribution in [0.25, 0.3) is 0 Å². The summed E-state index contributed by atoms with van der Waals surface area (Å²) in [5.74, 6) is -7.96. The molecule has 28 heavy (non-hydrogen) atoms. The maximum Gasteiger partial charge on any atom is 0.449 e. The molecule has 5 fully saturated rings. The molecule has 4 saturated carbocycles. The zero-order valence-electron chi connectivity index (χ0n) is 15.1. The summed E-state index contributed by atoms with van der Waals surface area (Å²) in [4.78, 5) is 12.7. The molecule has 5 aliphatic rings. The average molecular weight is 410 g/mol. The lowest BCUT2D eigenvalue weighted by atomic mass is 9.67. The van der Waals surface area contributed by atoms with Gasteiger partial charge in [-0.1, -0.05) is 0 Å². The molecule has 9 heteroatoms. The van der Waals surface area contributed by atoms with E-state index >= 15 is 0 Å². The molecule has 1 N–H and O–H groups in total. The van der Waals surface area contributed by atoms with Crippen molar-refractivity contribution in [2.45, 2.75) is 62.5 Å². The van der Waals surface area contributed by atoms with Gasteiger partial charge in [0.15, 0.2) is 6.10 Å². The topological polar surface area (TPSA) is 55.8 Å². The van der Waals surface area contributed by atoms with Gasteiger partial charge in [0.1, 0.15) is 0 Å². The standard InChI is InChI=1S/C19H23F5O4/c20-17(21)13(3-4-27-18(17,26)19(22,23)24)28-16(25)12-7-10-6-11(12)15-9-2-1-8(5-9)14(10)15/h8-15,26H,1-7H2. The number of esters is 1. The highest BCUT2D eigenvalue weighted by atomic mass is 19.4. The van der Waals surface area contributed by atoms with E-state index in [1.807, 2.05) is 0 Å². The zero-order valence-corrected chi connectivity index (χ0v) is 15.1. The van der Waals surface area contributed by atoms with E-state index in [0.29, 0.717) is 36.0 Å². The predicted octanol–water partition coefficient (Wildman–Crippen LogP) is 3.52. The van der Waals surface area contributed by atoms with Crippen LogP contribution in [0.3, 0.4) is 0 Å². The van der Waals surface area contributed by atoms with Gasteiger partial charge in [0, 0.05) is 6.42 Å². The van der Waals surface area contributed by atoms with Crippen molar-refractivity contribution in [1.82, 2.24) is 0 Å². The first-order chi connectivity index (χ1) is 13.0. The highest BCUT2D eigenvalue weighted by Crippen LogP contribution is 2.69. The molecule has 4 bridgehead atoms. The number of aliphatic hydroxyl groups is 1. The number of hydrogen-bond acceptors (Lipinski definition) is 4.